The number of aliphatic hydroxyl groups is 1. The summed E-state index contributed by atoms with van der Waals surface area (Å²) in [4.78, 5) is 4.49. The monoisotopic (exact) mass is 329 g/mol. The second-order valence-electron chi connectivity index (χ2n) is 8.77. The highest BCUT2D eigenvalue weighted by atomic mass is 28.3. The Morgan fingerprint density at radius 2 is 1.83 bits per heavy atom. The lowest BCUT2D eigenvalue weighted by molar-refractivity contribution is -0.0123. The fourth-order valence-electron chi connectivity index (χ4n) is 2.68. The van der Waals surface area contributed by atoms with Crippen molar-refractivity contribution >= 4 is 8.07 Å². The van der Waals surface area contributed by atoms with Crippen molar-refractivity contribution in [3.63, 3.8) is 0 Å². The summed E-state index contributed by atoms with van der Waals surface area (Å²) < 4.78 is 0. The Labute approximate surface area is 142 Å². The van der Waals surface area contributed by atoms with Gasteiger partial charge in [-0.3, -0.25) is 0 Å². The summed E-state index contributed by atoms with van der Waals surface area (Å²) in [6, 6.07) is 3.98. The van der Waals surface area contributed by atoms with Crippen LogP contribution in [0.2, 0.25) is 18.1 Å². The summed E-state index contributed by atoms with van der Waals surface area (Å²) in [5.41, 5.74) is 4.56. The average molecular weight is 330 g/mol. The first-order valence-electron chi connectivity index (χ1n) is 8.76. The van der Waals surface area contributed by atoms with Crippen LogP contribution in [0.15, 0.2) is 18.3 Å². The fourth-order valence-corrected chi connectivity index (χ4v) is 3.49. The van der Waals surface area contributed by atoms with Crippen LogP contribution in [0.3, 0.4) is 0 Å². The van der Waals surface area contributed by atoms with Gasteiger partial charge in [0.1, 0.15) is 13.8 Å². The number of pyridine rings is 1. The Kier molecular flexibility index (Phi) is 5.08. The van der Waals surface area contributed by atoms with Crippen LogP contribution >= 0.6 is 0 Å². The number of rotatable bonds is 1. The third-order valence-corrected chi connectivity index (χ3v) is 10.3. The summed E-state index contributed by atoms with van der Waals surface area (Å²) in [5.74, 6) is 3.98. The lowest BCUT2D eigenvalue weighted by Crippen LogP contribution is -2.35. The van der Waals surface area contributed by atoms with Crippen LogP contribution in [0, 0.1) is 17.4 Å². The molecule has 126 valence electrons. The second-order valence-corrected chi connectivity index (χ2v) is 13.8. The third kappa shape index (κ3) is 4.25. The molecule has 0 saturated heterocycles. The molecule has 2 rings (SSSR count). The van der Waals surface area contributed by atoms with Crippen molar-refractivity contribution in [2.75, 3.05) is 0 Å². The largest absolute Gasteiger partial charge is 0.385 e. The van der Waals surface area contributed by atoms with Crippen LogP contribution in [-0.4, -0.2) is 18.2 Å². The van der Waals surface area contributed by atoms with Gasteiger partial charge in [-0.05, 0) is 42.7 Å². The zero-order valence-electron chi connectivity index (χ0n) is 15.5. The van der Waals surface area contributed by atoms with Crippen LogP contribution in [0.5, 0.6) is 0 Å². The standard InChI is InChI=1S/C20H31NOSi/c1-16-9-12-20(22,13-10-16)17-7-8-18(21-15-17)11-14-23(5,6)19(2,3)4/h7-8,15-16,22H,9-10,12-13H2,1-6H3. The third-order valence-electron chi connectivity index (χ3n) is 5.78. The smallest absolute Gasteiger partial charge is 0.138 e. The fraction of sp³-hybridized carbons (Fsp3) is 0.650. The maximum absolute atomic E-state index is 10.8. The molecule has 0 amide bonds. The molecule has 3 heteroatoms. The van der Waals surface area contributed by atoms with Crippen molar-refractivity contribution in [2.45, 2.75) is 77.1 Å². The molecule has 0 aliphatic heterocycles. The van der Waals surface area contributed by atoms with Gasteiger partial charge < -0.3 is 5.11 Å². The SMILES string of the molecule is CC1CCC(O)(c2ccc(C#C[Si](C)(C)C(C)(C)C)nc2)CC1. The van der Waals surface area contributed by atoms with E-state index in [4.69, 9.17) is 0 Å². The van der Waals surface area contributed by atoms with Gasteiger partial charge in [-0.2, -0.15) is 0 Å². The zero-order chi connectivity index (χ0) is 17.3. The number of hydrogen-bond donors (Lipinski definition) is 1. The molecule has 1 aromatic heterocycles. The van der Waals surface area contributed by atoms with Crippen LogP contribution in [-0.2, 0) is 5.60 Å². The molecule has 0 aromatic carbocycles. The molecule has 1 saturated carbocycles. The maximum atomic E-state index is 10.8. The van der Waals surface area contributed by atoms with Crippen LogP contribution in [0.1, 0.15) is 64.6 Å². The minimum Gasteiger partial charge on any atom is -0.385 e. The van der Waals surface area contributed by atoms with Gasteiger partial charge in [-0.1, -0.05) is 52.8 Å². The molecule has 1 aliphatic rings. The summed E-state index contributed by atoms with van der Waals surface area (Å²) in [6.07, 6.45) is 5.67. The molecule has 1 heterocycles. The highest BCUT2D eigenvalue weighted by Gasteiger charge is 2.34. The van der Waals surface area contributed by atoms with Crippen LogP contribution in [0.25, 0.3) is 0 Å². The first-order chi connectivity index (χ1) is 10.5. The van der Waals surface area contributed by atoms with E-state index in [0.717, 1.165) is 42.9 Å². The minimum atomic E-state index is -1.61. The summed E-state index contributed by atoms with van der Waals surface area (Å²) in [7, 11) is -1.61. The molecule has 23 heavy (non-hydrogen) atoms. The molecule has 1 fully saturated rings. The van der Waals surface area contributed by atoms with Gasteiger partial charge >= 0.3 is 0 Å². The quantitative estimate of drug-likeness (QED) is 0.588. The number of hydrogen-bond acceptors (Lipinski definition) is 2. The van der Waals surface area contributed by atoms with Crippen molar-refractivity contribution in [1.29, 1.82) is 0 Å². The highest BCUT2D eigenvalue weighted by molar-refractivity contribution is 6.87. The Morgan fingerprint density at radius 1 is 1.22 bits per heavy atom. The molecule has 1 N–H and O–H groups in total. The van der Waals surface area contributed by atoms with E-state index in [9.17, 15) is 5.11 Å². The van der Waals surface area contributed by atoms with Gasteiger partial charge in [0.2, 0.25) is 0 Å². The molecule has 0 radical (unpaired) electrons. The van der Waals surface area contributed by atoms with E-state index in [0.29, 0.717) is 0 Å². The Morgan fingerprint density at radius 3 is 2.30 bits per heavy atom. The summed E-state index contributed by atoms with van der Waals surface area (Å²) in [6.45, 7) is 13.7. The van der Waals surface area contributed by atoms with Crippen molar-refractivity contribution in [3.8, 4) is 11.5 Å². The zero-order valence-corrected chi connectivity index (χ0v) is 16.5. The molecule has 0 atom stereocenters. The molecule has 1 aromatic rings. The molecular weight excluding hydrogens is 298 g/mol. The van der Waals surface area contributed by atoms with E-state index in [1.165, 1.54) is 0 Å². The Bertz CT molecular complexity index is 593. The van der Waals surface area contributed by atoms with Crippen molar-refractivity contribution in [3.05, 3.63) is 29.6 Å². The molecular formula is C20H31NOSi. The lowest BCUT2D eigenvalue weighted by atomic mass is 9.76. The van der Waals surface area contributed by atoms with Gasteiger partial charge in [0.25, 0.3) is 0 Å². The molecule has 0 spiro atoms. The van der Waals surface area contributed by atoms with Gasteiger partial charge in [-0.25, -0.2) is 4.98 Å². The Balaban J connectivity index is 2.15. The van der Waals surface area contributed by atoms with Crippen molar-refractivity contribution in [2.24, 2.45) is 5.92 Å². The first kappa shape index (κ1) is 18.2. The molecule has 0 bridgehead atoms. The number of nitrogens with zero attached hydrogens (tertiary/aromatic N) is 1. The topological polar surface area (TPSA) is 33.1 Å². The Hall–Kier alpha value is -1.11. The van der Waals surface area contributed by atoms with E-state index < -0.39 is 13.7 Å². The summed E-state index contributed by atoms with van der Waals surface area (Å²) in [5, 5.41) is 11.1. The van der Waals surface area contributed by atoms with Crippen LogP contribution < -0.4 is 0 Å². The van der Waals surface area contributed by atoms with E-state index in [2.05, 4.69) is 57.2 Å². The van der Waals surface area contributed by atoms with Gasteiger partial charge in [0.05, 0.1) is 5.60 Å². The first-order valence-corrected chi connectivity index (χ1v) is 11.8. The van der Waals surface area contributed by atoms with E-state index in [1.54, 1.807) is 0 Å². The predicted molar refractivity (Wildman–Crippen MR) is 99.8 cm³/mol. The van der Waals surface area contributed by atoms with E-state index in [1.807, 2.05) is 18.3 Å². The molecule has 1 aliphatic carbocycles. The summed E-state index contributed by atoms with van der Waals surface area (Å²) >= 11 is 0. The highest BCUT2D eigenvalue weighted by Crippen LogP contribution is 2.39. The van der Waals surface area contributed by atoms with Gasteiger partial charge in [0.15, 0.2) is 0 Å². The normalized spacial score (nSPS) is 25.6. The van der Waals surface area contributed by atoms with Gasteiger partial charge in [0, 0.05) is 11.8 Å². The lowest BCUT2D eigenvalue weighted by Gasteiger charge is -2.35. The van der Waals surface area contributed by atoms with Crippen LogP contribution in [0.4, 0.5) is 0 Å². The van der Waals surface area contributed by atoms with E-state index >= 15 is 0 Å². The molecule has 2 nitrogen and oxygen atoms in total. The van der Waals surface area contributed by atoms with Crippen molar-refractivity contribution < 1.29 is 5.11 Å². The maximum Gasteiger partial charge on any atom is 0.138 e. The van der Waals surface area contributed by atoms with E-state index in [-0.39, 0.29) is 5.04 Å². The molecule has 0 unspecified atom stereocenters. The second kappa shape index (κ2) is 6.41. The van der Waals surface area contributed by atoms with Crippen molar-refractivity contribution in [1.82, 2.24) is 4.98 Å². The van der Waals surface area contributed by atoms with Gasteiger partial charge in [-0.15, -0.1) is 5.54 Å². The predicted octanol–water partition coefficient (Wildman–Crippen LogP) is 4.88. The average Bonchev–Trinajstić information content (AvgIpc) is 2.48. The minimum absolute atomic E-state index is 0.258. The number of aromatic nitrogens is 1.